The lowest BCUT2D eigenvalue weighted by Crippen LogP contribution is -2.46. The van der Waals surface area contributed by atoms with Crippen molar-refractivity contribution in [2.24, 2.45) is 5.92 Å². The van der Waals surface area contributed by atoms with E-state index in [1.807, 2.05) is 6.92 Å². The molecular weight excluding hydrogens is 453 g/mol. The SMILES string of the molecule is CCOc1ccc(NC(=O)CNC(=O)C2CCCN(C(=O)c3ccc(Cl)c(Cl)c3)C2)cc1. The molecule has 1 aliphatic heterocycles. The molecule has 0 spiro atoms. The van der Waals surface area contributed by atoms with Gasteiger partial charge in [0.15, 0.2) is 0 Å². The van der Waals surface area contributed by atoms with Crippen molar-refractivity contribution < 1.29 is 19.1 Å². The van der Waals surface area contributed by atoms with Gasteiger partial charge in [-0.05, 0) is 62.2 Å². The molecule has 2 aromatic carbocycles. The monoisotopic (exact) mass is 477 g/mol. The van der Waals surface area contributed by atoms with Gasteiger partial charge in [-0.25, -0.2) is 0 Å². The smallest absolute Gasteiger partial charge is 0.253 e. The summed E-state index contributed by atoms with van der Waals surface area (Å²) in [6, 6.07) is 11.7. The van der Waals surface area contributed by atoms with E-state index < -0.39 is 0 Å². The number of halogens is 2. The Bertz CT molecular complexity index is 982. The zero-order chi connectivity index (χ0) is 23.1. The quantitative estimate of drug-likeness (QED) is 0.630. The van der Waals surface area contributed by atoms with Crippen molar-refractivity contribution in [2.45, 2.75) is 19.8 Å². The fraction of sp³-hybridized carbons (Fsp3) is 0.348. The third kappa shape index (κ3) is 6.37. The molecule has 2 N–H and O–H groups in total. The number of carbonyl (C=O) groups excluding carboxylic acids is 3. The van der Waals surface area contributed by atoms with E-state index in [9.17, 15) is 14.4 Å². The molecule has 9 heteroatoms. The van der Waals surface area contributed by atoms with E-state index in [1.54, 1.807) is 41.3 Å². The van der Waals surface area contributed by atoms with E-state index in [2.05, 4.69) is 10.6 Å². The highest BCUT2D eigenvalue weighted by atomic mass is 35.5. The number of hydrogen-bond donors (Lipinski definition) is 2. The van der Waals surface area contributed by atoms with Crippen molar-refractivity contribution in [1.29, 1.82) is 0 Å². The van der Waals surface area contributed by atoms with Crippen molar-refractivity contribution in [3.63, 3.8) is 0 Å². The molecule has 3 amide bonds. The van der Waals surface area contributed by atoms with Crippen LogP contribution in [0.25, 0.3) is 0 Å². The summed E-state index contributed by atoms with van der Waals surface area (Å²) in [5.74, 6) is -0.445. The average Bonchev–Trinajstić information content (AvgIpc) is 2.80. The zero-order valence-electron chi connectivity index (χ0n) is 17.7. The molecule has 32 heavy (non-hydrogen) atoms. The number of amides is 3. The van der Waals surface area contributed by atoms with Gasteiger partial charge in [-0.15, -0.1) is 0 Å². The molecule has 1 aliphatic rings. The van der Waals surface area contributed by atoms with Crippen molar-refractivity contribution in [3.8, 4) is 5.75 Å². The van der Waals surface area contributed by atoms with Gasteiger partial charge in [-0.3, -0.25) is 14.4 Å². The average molecular weight is 478 g/mol. The Morgan fingerprint density at radius 1 is 1.09 bits per heavy atom. The van der Waals surface area contributed by atoms with Crippen LogP contribution in [0.3, 0.4) is 0 Å². The van der Waals surface area contributed by atoms with E-state index in [1.165, 1.54) is 6.07 Å². The third-order valence-corrected chi connectivity index (χ3v) is 5.86. The van der Waals surface area contributed by atoms with Gasteiger partial charge in [0.1, 0.15) is 5.75 Å². The van der Waals surface area contributed by atoms with E-state index >= 15 is 0 Å². The van der Waals surface area contributed by atoms with Gasteiger partial charge in [0.25, 0.3) is 5.91 Å². The Labute approximate surface area is 197 Å². The van der Waals surface area contributed by atoms with Gasteiger partial charge in [0, 0.05) is 24.3 Å². The minimum atomic E-state index is -0.381. The van der Waals surface area contributed by atoms with Crippen molar-refractivity contribution >= 4 is 46.6 Å². The van der Waals surface area contributed by atoms with Gasteiger partial charge in [0.05, 0.1) is 29.1 Å². The molecule has 2 aromatic rings. The first kappa shape index (κ1) is 23.9. The number of likely N-dealkylation sites (tertiary alicyclic amines) is 1. The Morgan fingerprint density at radius 2 is 1.84 bits per heavy atom. The van der Waals surface area contributed by atoms with Crippen molar-refractivity contribution in [2.75, 3.05) is 31.6 Å². The van der Waals surface area contributed by atoms with E-state index in [4.69, 9.17) is 27.9 Å². The van der Waals surface area contributed by atoms with Crippen LogP contribution in [-0.2, 0) is 9.59 Å². The number of carbonyl (C=O) groups is 3. The second kappa shape index (κ2) is 11.2. The molecule has 0 aliphatic carbocycles. The maximum absolute atomic E-state index is 12.8. The summed E-state index contributed by atoms with van der Waals surface area (Å²) in [6.45, 7) is 3.15. The van der Waals surface area contributed by atoms with Crippen LogP contribution in [0.2, 0.25) is 10.0 Å². The number of piperidine rings is 1. The Kier molecular flexibility index (Phi) is 8.36. The van der Waals surface area contributed by atoms with Crippen molar-refractivity contribution in [3.05, 3.63) is 58.1 Å². The van der Waals surface area contributed by atoms with Crippen LogP contribution >= 0.6 is 23.2 Å². The Morgan fingerprint density at radius 3 is 2.53 bits per heavy atom. The molecule has 1 fully saturated rings. The van der Waals surface area contributed by atoms with Crippen LogP contribution in [0.4, 0.5) is 5.69 Å². The van der Waals surface area contributed by atoms with Crippen LogP contribution in [0.15, 0.2) is 42.5 Å². The topological polar surface area (TPSA) is 87.7 Å². The largest absolute Gasteiger partial charge is 0.494 e. The normalized spacial score (nSPS) is 15.7. The van der Waals surface area contributed by atoms with Crippen LogP contribution in [0, 0.1) is 5.92 Å². The molecular formula is C23H25Cl2N3O4. The van der Waals surface area contributed by atoms with Gasteiger partial charge in [-0.1, -0.05) is 23.2 Å². The third-order valence-electron chi connectivity index (χ3n) is 5.12. The maximum Gasteiger partial charge on any atom is 0.253 e. The highest BCUT2D eigenvalue weighted by molar-refractivity contribution is 6.42. The molecule has 7 nitrogen and oxygen atoms in total. The lowest BCUT2D eigenvalue weighted by atomic mass is 9.96. The highest BCUT2D eigenvalue weighted by Gasteiger charge is 2.29. The lowest BCUT2D eigenvalue weighted by Gasteiger charge is -2.32. The molecule has 0 radical (unpaired) electrons. The molecule has 170 valence electrons. The van der Waals surface area contributed by atoms with E-state index in [0.29, 0.717) is 47.3 Å². The minimum absolute atomic E-state index is 0.150. The number of hydrogen-bond acceptors (Lipinski definition) is 4. The van der Waals surface area contributed by atoms with Crippen LogP contribution < -0.4 is 15.4 Å². The predicted molar refractivity (Wildman–Crippen MR) is 124 cm³/mol. The fourth-order valence-corrected chi connectivity index (χ4v) is 3.80. The standard InChI is InChI=1S/C23H25Cl2N3O4/c1-2-32-18-8-6-17(7-9-18)27-21(29)13-26-22(30)16-4-3-11-28(14-16)23(31)15-5-10-19(24)20(25)12-15/h5-10,12,16H,2-4,11,13-14H2,1H3,(H,26,30)(H,27,29). The zero-order valence-corrected chi connectivity index (χ0v) is 19.2. The summed E-state index contributed by atoms with van der Waals surface area (Å²) in [6.07, 6.45) is 1.35. The number of nitrogens with zero attached hydrogens (tertiary/aromatic N) is 1. The molecule has 0 aromatic heterocycles. The summed E-state index contributed by atoms with van der Waals surface area (Å²) in [5.41, 5.74) is 1.04. The van der Waals surface area contributed by atoms with Crippen LogP contribution in [0.5, 0.6) is 5.75 Å². The Balaban J connectivity index is 1.49. The second-order valence-corrected chi connectivity index (χ2v) is 8.26. The lowest BCUT2D eigenvalue weighted by molar-refractivity contribution is -0.128. The molecule has 1 atom stereocenters. The van der Waals surface area contributed by atoms with Gasteiger partial charge >= 0.3 is 0 Å². The van der Waals surface area contributed by atoms with E-state index in [-0.39, 0.29) is 36.7 Å². The summed E-state index contributed by atoms with van der Waals surface area (Å²) in [7, 11) is 0. The number of anilines is 1. The number of benzene rings is 2. The number of nitrogens with one attached hydrogen (secondary N) is 2. The summed E-state index contributed by atoms with van der Waals surface area (Å²) >= 11 is 11.9. The predicted octanol–water partition coefficient (Wildman–Crippen LogP) is 4.00. The van der Waals surface area contributed by atoms with Gasteiger partial charge in [-0.2, -0.15) is 0 Å². The molecule has 0 bridgehead atoms. The molecule has 1 unspecified atom stereocenters. The van der Waals surface area contributed by atoms with Crippen LogP contribution in [-0.4, -0.2) is 48.9 Å². The Hall–Kier alpha value is -2.77. The molecule has 0 saturated carbocycles. The maximum atomic E-state index is 12.8. The first-order valence-corrected chi connectivity index (χ1v) is 11.2. The summed E-state index contributed by atoms with van der Waals surface area (Å²) in [5, 5.41) is 6.08. The first-order chi connectivity index (χ1) is 15.4. The van der Waals surface area contributed by atoms with Gasteiger partial charge < -0.3 is 20.3 Å². The highest BCUT2D eigenvalue weighted by Crippen LogP contribution is 2.25. The number of ether oxygens (including phenoxy) is 1. The second-order valence-electron chi connectivity index (χ2n) is 7.44. The van der Waals surface area contributed by atoms with E-state index in [0.717, 1.165) is 5.75 Å². The number of rotatable bonds is 7. The van der Waals surface area contributed by atoms with Crippen LogP contribution in [0.1, 0.15) is 30.1 Å². The summed E-state index contributed by atoms with van der Waals surface area (Å²) < 4.78 is 5.37. The minimum Gasteiger partial charge on any atom is -0.494 e. The fourth-order valence-electron chi connectivity index (χ4n) is 3.51. The molecule has 3 rings (SSSR count). The summed E-state index contributed by atoms with van der Waals surface area (Å²) in [4.78, 5) is 39.2. The van der Waals surface area contributed by atoms with Gasteiger partial charge in [0.2, 0.25) is 11.8 Å². The molecule has 1 heterocycles. The first-order valence-electron chi connectivity index (χ1n) is 10.4. The molecule has 1 saturated heterocycles. The van der Waals surface area contributed by atoms with Crippen molar-refractivity contribution in [1.82, 2.24) is 10.2 Å².